The lowest BCUT2D eigenvalue weighted by atomic mass is 10.0. The fourth-order valence-electron chi connectivity index (χ4n) is 3.58. The van der Waals surface area contributed by atoms with E-state index < -0.39 is 5.97 Å². The van der Waals surface area contributed by atoms with Crippen molar-refractivity contribution in [1.82, 2.24) is 19.8 Å². The van der Waals surface area contributed by atoms with Crippen LogP contribution in [0.5, 0.6) is 0 Å². The molecule has 0 bridgehead atoms. The standard InChI is InChI=1S/C20H26N4O2/c1-14-21-11-17(13-23(2)3)19(22-14)18-5-4-10-24(18)12-15-6-8-16(9-7-15)20(25)26/h6-9,11,18H,4-5,10,12-13H2,1-3H3,(H,25,26)/t18-/m1/s1. The van der Waals surface area contributed by atoms with Gasteiger partial charge < -0.3 is 10.0 Å². The van der Waals surface area contributed by atoms with E-state index in [0.717, 1.165) is 49.6 Å². The number of hydrogen-bond acceptors (Lipinski definition) is 5. The van der Waals surface area contributed by atoms with E-state index in [2.05, 4.69) is 28.9 Å². The molecule has 0 radical (unpaired) electrons. The monoisotopic (exact) mass is 354 g/mol. The summed E-state index contributed by atoms with van der Waals surface area (Å²) in [5.74, 6) is -0.0828. The van der Waals surface area contributed by atoms with Gasteiger partial charge in [-0.05, 0) is 58.1 Å². The number of benzene rings is 1. The molecule has 6 heteroatoms. The Balaban J connectivity index is 1.82. The molecule has 1 saturated heterocycles. The Morgan fingerprint density at radius 2 is 2.04 bits per heavy atom. The Morgan fingerprint density at radius 3 is 2.69 bits per heavy atom. The van der Waals surface area contributed by atoms with E-state index in [1.165, 1.54) is 5.56 Å². The molecular formula is C20H26N4O2. The Hall–Kier alpha value is -2.31. The van der Waals surface area contributed by atoms with Crippen molar-refractivity contribution in [2.24, 2.45) is 0 Å². The van der Waals surface area contributed by atoms with Gasteiger partial charge in [-0.15, -0.1) is 0 Å². The first kappa shape index (κ1) is 18.5. The summed E-state index contributed by atoms with van der Waals surface area (Å²) in [6.07, 6.45) is 4.18. The second-order valence-electron chi connectivity index (χ2n) is 7.20. The highest BCUT2D eigenvalue weighted by Gasteiger charge is 2.29. The molecule has 26 heavy (non-hydrogen) atoms. The molecule has 0 unspecified atom stereocenters. The third-order valence-corrected chi connectivity index (χ3v) is 4.77. The second kappa shape index (κ2) is 7.93. The molecule has 2 heterocycles. The van der Waals surface area contributed by atoms with Crippen LogP contribution in [-0.2, 0) is 13.1 Å². The van der Waals surface area contributed by atoms with Crippen LogP contribution in [0.1, 0.15) is 51.9 Å². The maximum Gasteiger partial charge on any atom is 0.335 e. The fourth-order valence-corrected chi connectivity index (χ4v) is 3.58. The van der Waals surface area contributed by atoms with Crippen LogP contribution >= 0.6 is 0 Å². The molecule has 0 spiro atoms. The number of carboxylic acids is 1. The number of rotatable bonds is 6. The zero-order valence-electron chi connectivity index (χ0n) is 15.6. The van der Waals surface area contributed by atoms with Gasteiger partial charge in [0.05, 0.1) is 17.3 Å². The first-order valence-corrected chi connectivity index (χ1v) is 8.97. The van der Waals surface area contributed by atoms with Gasteiger partial charge in [-0.25, -0.2) is 14.8 Å². The molecule has 0 aliphatic carbocycles. The summed E-state index contributed by atoms with van der Waals surface area (Å²) in [5.41, 5.74) is 3.76. The van der Waals surface area contributed by atoms with E-state index in [1.807, 2.05) is 25.3 Å². The summed E-state index contributed by atoms with van der Waals surface area (Å²) in [4.78, 5) is 24.8. The van der Waals surface area contributed by atoms with Gasteiger partial charge in [-0.2, -0.15) is 0 Å². The van der Waals surface area contributed by atoms with Crippen molar-refractivity contribution >= 4 is 5.97 Å². The lowest BCUT2D eigenvalue weighted by Crippen LogP contribution is -2.26. The number of carbonyl (C=O) groups is 1. The average molecular weight is 354 g/mol. The minimum atomic E-state index is -0.889. The van der Waals surface area contributed by atoms with Gasteiger partial charge in [0.15, 0.2) is 0 Å². The summed E-state index contributed by atoms with van der Waals surface area (Å²) in [5, 5.41) is 9.05. The highest BCUT2D eigenvalue weighted by atomic mass is 16.4. The van der Waals surface area contributed by atoms with Crippen molar-refractivity contribution in [2.75, 3.05) is 20.6 Å². The van der Waals surface area contributed by atoms with E-state index in [4.69, 9.17) is 10.1 Å². The van der Waals surface area contributed by atoms with Gasteiger partial charge >= 0.3 is 5.97 Å². The number of carboxylic acid groups (broad SMARTS) is 1. The van der Waals surface area contributed by atoms with E-state index in [9.17, 15) is 4.79 Å². The quantitative estimate of drug-likeness (QED) is 0.860. The van der Waals surface area contributed by atoms with Gasteiger partial charge in [-0.1, -0.05) is 12.1 Å². The smallest absolute Gasteiger partial charge is 0.335 e. The molecule has 0 saturated carbocycles. The molecule has 1 N–H and O–H groups in total. The highest BCUT2D eigenvalue weighted by molar-refractivity contribution is 5.87. The van der Waals surface area contributed by atoms with Crippen LogP contribution in [-0.4, -0.2) is 51.5 Å². The van der Waals surface area contributed by atoms with Gasteiger partial charge in [0.25, 0.3) is 0 Å². The predicted octanol–water partition coefficient (Wildman–Crippen LogP) is 2.88. The number of aromatic nitrogens is 2. The molecule has 0 amide bonds. The molecule has 1 aromatic carbocycles. The molecule has 2 aromatic rings. The zero-order chi connectivity index (χ0) is 18.7. The van der Waals surface area contributed by atoms with Crippen LogP contribution in [0, 0.1) is 6.92 Å². The largest absolute Gasteiger partial charge is 0.478 e. The van der Waals surface area contributed by atoms with E-state index in [1.54, 1.807) is 12.1 Å². The Kier molecular flexibility index (Phi) is 5.64. The van der Waals surface area contributed by atoms with Gasteiger partial charge in [0.1, 0.15) is 5.82 Å². The number of aromatic carboxylic acids is 1. The van der Waals surface area contributed by atoms with Crippen LogP contribution in [0.2, 0.25) is 0 Å². The van der Waals surface area contributed by atoms with E-state index in [0.29, 0.717) is 5.56 Å². The molecule has 6 nitrogen and oxygen atoms in total. The Morgan fingerprint density at radius 1 is 1.31 bits per heavy atom. The molecule has 138 valence electrons. The van der Waals surface area contributed by atoms with Crippen molar-refractivity contribution in [2.45, 2.75) is 38.9 Å². The lowest BCUT2D eigenvalue weighted by Gasteiger charge is -2.26. The summed E-state index contributed by atoms with van der Waals surface area (Å²) in [6.45, 7) is 4.59. The summed E-state index contributed by atoms with van der Waals surface area (Å²) in [7, 11) is 4.11. The molecule has 1 aromatic heterocycles. The van der Waals surface area contributed by atoms with E-state index in [-0.39, 0.29) is 6.04 Å². The summed E-state index contributed by atoms with van der Waals surface area (Å²) >= 11 is 0. The summed E-state index contributed by atoms with van der Waals surface area (Å²) < 4.78 is 0. The molecule has 1 atom stereocenters. The van der Waals surface area contributed by atoms with Gasteiger partial charge in [0.2, 0.25) is 0 Å². The van der Waals surface area contributed by atoms with Crippen molar-refractivity contribution in [3.63, 3.8) is 0 Å². The first-order valence-electron chi connectivity index (χ1n) is 8.97. The normalized spacial score (nSPS) is 17.8. The minimum Gasteiger partial charge on any atom is -0.478 e. The highest BCUT2D eigenvalue weighted by Crippen LogP contribution is 2.34. The van der Waals surface area contributed by atoms with Crippen LogP contribution in [0.4, 0.5) is 0 Å². The van der Waals surface area contributed by atoms with Crippen LogP contribution < -0.4 is 0 Å². The van der Waals surface area contributed by atoms with Crippen molar-refractivity contribution < 1.29 is 9.90 Å². The molecule has 1 aliphatic heterocycles. The average Bonchev–Trinajstić information content (AvgIpc) is 3.04. The van der Waals surface area contributed by atoms with Crippen molar-refractivity contribution in [3.05, 3.63) is 58.7 Å². The maximum atomic E-state index is 11.0. The van der Waals surface area contributed by atoms with Gasteiger partial charge in [-0.3, -0.25) is 4.90 Å². The topological polar surface area (TPSA) is 69.6 Å². The fraction of sp³-hybridized carbons (Fsp3) is 0.450. The zero-order valence-corrected chi connectivity index (χ0v) is 15.6. The molecule has 3 rings (SSSR count). The van der Waals surface area contributed by atoms with E-state index >= 15 is 0 Å². The summed E-state index contributed by atoms with van der Waals surface area (Å²) in [6, 6.07) is 7.45. The number of likely N-dealkylation sites (tertiary alicyclic amines) is 1. The Bertz CT molecular complexity index is 774. The Labute approximate surface area is 154 Å². The minimum absolute atomic E-state index is 0.283. The SMILES string of the molecule is Cc1ncc(CN(C)C)c([C@H]2CCCN2Cc2ccc(C(=O)O)cc2)n1. The number of hydrogen-bond donors (Lipinski definition) is 1. The number of aryl methyl sites for hydroxylation is 1. The van der Waals surface area contributed by atoms with Crippen LogP contribution in [0.3, 0.4) is 0 Å². The third kappa shape index (κ3) is 4.26. The number of nitrogens with zero attached hydrogens (tertiary/aromatic N) is 4. The van der Waals surface area contributed by atoms with Crippen molar-refractivity contribution in [1.29, 1.82) is 0 Å². The molecular weight excluding hydrogens is 328 g/mol. The van der Waals surface area contributed by atoms with Gasteiger partial charge in [0, 0.05) is 24.8 Å². The van der Waals surface area contributed by atoms with Crippen LogP contribution in [0.25, 0.3) is 0 Å². The maximum absolute atomic E-state index is 11.0. The van der Waals surface area contributed by atoms with Crippen LogP contribution in [0.15, 0.2) is 30.5 Å². The lowest BCUT2D eigenvalue weighted by molar-refractivity contribution is 0.0697. The third-order valence-electron chi connectivity index (χ3n) is 4.77. The predicted molar refractivity (Wildman–Crippen MR) is 99.9 cm³/mol. The molecule has 1 fully saturated rings. The first-order chi connectivity index (χ1) is 12.4. The molecule has 1 aliphatic rings. The van der Waals surface area contributed by atoms with Crippen molar-refractivity contribution in [3.8, 4) is 0 Å². The second-order valence-corrected chi connectivity index (χ2v) is 7.20.